The maximum Gasteiger partial charge on any atom is 0.419 e. The van der Waals surface area contributed by atoms with Gasteiger partial charge in [0.15, 0.2) is 11.4 Å². The summed E-state index contributed by atoms with van der Waals surface area (Å²) in [7, 11) is 2.21. The zero-order valence-corrected chi connectivity index (χ0v) is 17.3. The third kappa shape index (κ3) is 6.00. The van der Waals surface area contributed by atoms with Gasteiger partial charge in [0.05, 0.1) is 14.2 Å². The quantitative estimate of drug-likeness (QED) is 0.515. The maximum atomic E-state index is 12.5. The fourth-order valence-corrected chi connectivity index (χ4v) is 1.94. The van der Waals surface area contributed by atoms with E-state index in [0.717, 1.165) is 36.4 Å². The number of carbonyl (C=O) groups is 4. The molecule has 0 saturated carbocycles. The smallest absolute Gasteiger partial charge is 0.419 e. The maximum absolute atomic E-state index is 12.5. The second-order valence-corrected chi connectivity index (χ2v) is 7.71. The van der Waals surface area contributed by atoms with Gasteiger partial charge in [-0.25, -0.2) is 29.0 Å². The number of hydrogen-bond donors (Lipinski definition) is 0. The lowest BCUT2D eigenvalue weighted by molar-refractivity contribution is -0.139. The molecule has 0 atom stereocenters. The molecule has 0 aliphatic carbocycles. The molecular formula is C18H26N2O8. The lowest BCUT2D eigenvalue weighted by Crippen LogP contribution is -2.44. The molecule has 1 aliphatic rings. The summed E-state index contributed by atoms with van der Waals surface area (Å²) in [6.07, 6.45) is 0.00961. The molecule has 1 heterocycles. The molecule has 10 heteroatoms. The van der Waals surface area contributed by atoms with Crippen LogP contribution in [0.1, 0.15) is 41.5 Å². The Hall–Kier alpha value is -3.04. The Morgan fingerprint density at radius 2 is 0.964 bits per heavy atom. The summed E-state index contributed by atoms with van der Waals surface area (Å²) in [6.45, 7) is 9.80. The van der Waals surface area contributed by atoms with E-state index in [9.17, 15) is 19.2 Å². The molecule has 0 aromatic heterocycles. The van der Waals surface area contributed by atoms with E-state index in [1.807, 2.05) is 0 Å². The Morgan fingerprint density at radius 3 is 1.18 bits per heavy atom. The molecule has 0 N–H and O–H groups in total. The van der Waals surface area contributed by atoms with E-state index >= 15 is 0 Å². The van der Waals surface area contributed by atoms with E-state index in [0.29, 0.717) is 0 Å². The Morgan fingerprint density at radius 1 is 0.679 bits per heavy atom. The zero-order chi connectivity index (χ0) is 21.9. The first kappa shape index (κ1) is 23.0. The molecule has 2 amide bonds. The third-order valence-corrected chi connectivity index (χ3v) is 2.99. The van der Waals surface area contributed by atoms with Crippen molar-refractivity contribution < 1.29 is 38.1 Å². The molecule has 0 aromatic carbocycles. The Bertz CT molecular complexity index is 663. The van der Waals surface area contributed by atoms with Crippen LogP contribution in [0.25, 0.3) is 0 Å². The summed E-state index contributed by atoms with van der Waals surface area (Å²) in [5.74, 6) is -1.86. The van der Waals surface area contributed by atoms with Crippen molar-refractivity contribution in [3.05, 3.63) is 23.8 Å². The predicted molar refractivity (Wildman–Crippen MR) is 96.3 cm³/mol. The first-order valence-electron chi connectivity index (χ1n) is 8.35. The second-order valence-electron chi connectivity index (χ2n) is 7.71. The van der Waals surface area contributed by atoms with Crippen LogP contribution in [0.2, 0.25) is 0 Å². The van der Waals surface area contributed by atoms with Gasteiger partial charge < -0.3 is 18.9 Å². The van der Waals surface area contributed by atoms with Gasteiger partial charge in [0, 0.05) is 12.4 Å². The van der Waals surface area contributed by atoms with E-state index in [-0.39, 0.29) is 11.4 Å². The van der Waals surface area contributed by atoms with Crippen molar-refractivity contribution in [2.75, 3.05) is 14.2 Å². The van der Waals surface area contributed by atoms with Crippen molar-refractivity contribution in [1.82, 2.24) is 9.80 Å². The van der Waals surface area contributed by atoms with Crippen molar-refractivity contribution >= 4 is 24.1 Å². The highest BCUT2D eigenvalue weighted by Crippen LogP contribution is 2.26. The molecule has 10 nitrogen and oxygen atoms in total. The summed E-state index contributed by atoms with van der Waals surface area (Å²) >= 11 is 0. The second kappa shape index (κ2) is 8.32. The first-order valence-corrected chi connectivity index (χ1v) is 8.35. The molecule has 0 radical (unpaired) electrons. The predicted octanol–water partition coefficient (Wildman–Crippen LogP) is 2.50. The standard InChI is InChI=1S/C18H26N2O8/c1-17(2,3)27-15(23)19-9-12(14(22)26-8)20(10-11(19)13(21)25-7)16(24)28-18(4,5)6/h9-10H,1-8H3. The summed E-state index contributed by atoms with van der Waals surface area (Å²) in [5, 5.41) is 0. The number of esters is 2. The minimum atomic E-state index is -0.950. The lowest BCUT2D eigenvalue weighted by Gasteiger charge is -2.32. The molecule has 1 aliphatic heterocycles. The normalized spacial score (nSPS) is 14.6. The number of amides is 2. The molecule has 0 aromatic rings. The van der Waals surface area contributed by atoms with Gasteiger partial charge in [-0.1, -0.05) is 0 Å². The van der Waals surface area contributed by atoms with Crippen LogP contribution in [-0.2, 0) is 28.5 Å². The van der Waals surface area contributed by atoms with Crippen LogP contribution in [-0.4, -0.2) is 59.3 Å². The van der Waals surface area contributed by atoms with Gasteiger partial charge in [-0.3, -0.25) is 0 Å². The summed E-state index contributed by atoms with van der Waals surface area (Å²) in [6, 6.07) is 0. The minimum absolute atomic E-state index is 0.352. The highest BCUT2D eigenvalue weighted by molar-refractivity contribution is 5.98. The summed E-state index contributed by atoms with van der Waals surface area (Å²) < 4.78 is 19.8. The van der Waals surface area contributed by atoms with Gasteiger partial charge in [-0.2, -0.15) is 0 Å². The van der Waals surface area contributed by atoms with Crippen LogP contribution >= 0.6 is 0 Å². The molecule has 0 spiro atoms. The van der Waals surface area contributed by atoms with Gasteiger partial charge in [0.25, 0.3) is 0 Å². The van der Waals surface area contributed by atoms with Gasteiger partial charge in [-0.05, 0) is 41.5 Å². The Balaban J connectivity index is 3.46. The van der Waals surface area contributed by atoms with Crippen molar-refractivity contribution in [3.8, 4) is 0 Å². The number of methoxy groups -OCH3 is 2. The number of carbonyl (C=O) groups excluding carboxylic acids is 4. The monoisotopic (exact) mass is 398 g/mol. The number of rotatable bonds is 2. The molecule has 0 fully saturated rings. The van der Waals surface area contributed by atoms with Gasteiger partial charge >= 0.3 is 24.1 Å². The van der Waals surface area contributed by atoms with Crippen molar-refractivity contribution in [2.45, 2.75) is 52.7 Å². The van der Waals surface area contributed by atoms with E-state index in [4.69, 9.17) is 9.47 Å². The highest BCUT2D eigenvalue weighted by Gasteiger charge is 2.38. The Labute approximate surface area is 163 Å². The number of ether oxygens (including phenoxy) is 4. The molecule has 0 saturated heterocycles. The fraction of sp³-hybridized carbons (Fsp3) is 0.556. The third-order valence-electron chi connectivity index (χ3n) is 2.99. The van der Waals surface area contributed by atoms with Crippen LogP contribution in [0.15, 0.2) is 23.8 Å². The lowest BCUT2D eigenvalue weighted by atomic mass is 10.2. The molecule has 28 heavy (non-hydrogen) atoms. The van der Waals surface area contributed by atoms with Crippen LogP contribution in [0.4, 0.5) is 9.59 Å². The molecule has 156 valence electrons. The number of hydrogen-bond acceptors (Lipinski definition) is 8. The van der Waals surface area contributed by atoms with Gasteiger partial charge in [-0.15, -0.1) is 0 Å². The average Bonchev–Trinajstić information content (AvgIpc) is 2.56. The SMILES string of the molecule is COC(=O)C1=CN(C(=O)OC(C)(C)C)C(C(=O)OC)=CN1C(=O)OC(C)(C)C. The Kier molecular flexibility index (Phi) is 6.84. The molecular weight excluding hydrogens is 372 g/mol. The molecule has 1 rings (SSSR count). The van der Waals surface area contributed by atoms with Gasteiger partial charge in [0.1, 0.15) is 11.2 Å². The molecule has 0 unspecified atom stereocenters. The zero-order valence-electron chi connectivity index (χ0n) is 17.3. The minimum Gasteiger partial charge on any atom is -0.464 e. The van der Waals surface area contributed by atoms with Crippen molar-refractivity contribution in [1.29, 1.82) is 0 Å². The van der Waals surface area contributed by atoms with Gasteiger partial charge in [0.2, 0.25) is 0 Å². The van der Waals surface area contributed by atoms with E-state index < -0.39 is 35.3 Å². The van der Waals surface area contributed by atoms with Crippen molar-refractivity contribution in [3.63, 3.8) is 0 Å². The van der Waals surface area contributed by atoms with E-state index in [1.54, 1.807) is 41.5 Å². The topological polar surface area (TPSA) is 112 Å². The summed E-state index contributed by atoms with van der Waals surface area (Å²) in [5.41, 5.74) is -2.45. The number of nitrogens with zero attached hydrogens (tertiary/aromatic N) is 2. The van der Waals surface area contributed by atoms with Crippen LogP contribution in [0.5, 0.6) is 0 Å². The first-order chi connectivity index (χ1) is 12.7. The molecule has 0 bridgehead atoms. The van der Waals surface area contributed by atoms with E-state index in [2.05, 4.69) is 9.47 Å². The van der Waals surface area contributed by atoms with Crippen LogP contribution in [0.3, 0.4) is 0 Å². The van der Waals surface area contributed by atoms with Crippen LogP contribution in [0, 0.1) is 0 Å². The highest BCUT2D eigenvalue weighted by atomic mass is 16.6. The fourth-order valence-electron chi connectivity index (χ4n) is 1.94. The van der Waals surface area contributed by atoms with E-state index in [1.165, 1.54) is 0 Å². The largest absolute Gasteiger partial charge is 0.464 e. The van der Waals surface area contributed by atoms with Crippen molar-refractivity contribution in [2.24, 2.45) is 0 Å². The summed E-state index contributed by atoms with van der Waals surface area (Å²) in [4.78, 5) is 51.0. The van der Waals surface area contributed by atoms with Crippen LogP contribution < -0.4 is 0 Å². The average molecular weight is 398 g/mol.